The van der Waals surface area contributed by atoms with E-state index in [0.29, 0.717) is 23.8 Å². The largest absolute Gasteiger partial charge is 0.497 e. The predicted octanol–water partition coefficient (Wildman–Crippen LogP) is 6.36. The monoisotopic (exact) mass is 364 g/mol. The molecular formula is C21H26ClFO2. The number of hydrogen-bond acceptors (Lipinski definition) is 2. The topological polar surface area (TPSA) is 18.5 Å². The number of methoxy groups -OCH3 is 1. The molecule has 0 aliphatic heterocycles. The Morgan fingerprint density at radius 1 is 1.08 bits per heavy atom. The minimum absolute atomic E-state index is 0.148. The molecule has 1 unspecified atom stereocenters. The summed E-state index contributed by atoms with van der Waals surface area (Å²) in [5.74, 6) is 0.731. The van der Waals surface area contributed by atoms with Gasteiger partial charge in [-0.2, -0.15) is 0 Å². The summed E-state index contributed by atoms with van der Waals surface area (Å²) in [7, 11) is 1.58. The van der Waals surface area contributed by atoms with Crippen molar-refractivity contribution in [1.29, 1.82) is 0 Å². The Hall–Kier alpha value is -1.58. The zero-order valence-corrected chi connectivity index (χ0v) is 16.3. The van der Waals surface area contributed by atoms with Crippen molar-refractivity contribution in [1.82, 2.24) is 0 Å². The molecule has 0 aliphatic carbocycles. The van der Waals surface area contributed by atoms with Crippen LogP contribution >= 0.6 is 11.6 Å². The molecule has 136 valence electrons. The standard InChI is InChI=1S/C21H26ClFO2/c1-6-25-20(21(2,3)4)18-11-14(13-22)7-9-16(18)17-12-15(24-5)8-10-19(17)23/h7-12,20H,6,13H2,1-5H3. The molecule has 2 aromatic carbocycles. The van der Waals surface area contributed by atoms with Gasteiger partial charge in [-0.25, -0.2) is 4.39 Å². The molecule has 2 aromatic rings. The fraction of sp³-hybridized carbons (Fsp3) is 0.429. The molecule has 2 rings (SSSR count). The highest BCUT2D eigenvalue weighted by Gasteiger charge is 2.30. The Balaban J connectivity index is 2.70. The van der Waals surface area contributed by atoms with Crippen molar-refractivity contribution < 1.29 is 13.9 Å². The van der Waals surface area contributed by atoms with E-state index in [9.17, 15) is 4.39 Å². The van der Waals surface area contributed by atoms with E-state index < -0.39 is 0 Å². The zero-order valence-electron chi connectivity index (χ0n) is 15.5. The maximum atomic E-state index is 14.6. The number of ether oxygens (including phenoxy) is 2. The van der Waals surface area contributed by atoms with Gasteiger partial charge in [-0.3, -0.25) is 0 Å². The number of rotatable bonds is 6. The summed E-state index contributed by atoms with van der Waals surface area (Å²) < 4.78 is 25.9. The van der Waals surface area contributed by atoms with Gasteiger partial charge in [0.15, 0.2) is 0 Å². The average molecular weight is 365 g/mol. The summed E-state index contributed by atoms with van der Waals surface area (Å²) in [5, 5.41) is 0. The Morgan fingerprint density at radius 3 is 2.36 bits per heavy atom. The minimum atomic E-state index is -0.287. The molecule has 0 saturated heterocycles. The van der Waals surface area contributed by atoms with E-state index in [1.54, 1.807) is 19.2 Å². The molecule has 0 aliphatic rings. The van der Waals surface area contributed by atoms with Gasteiger partial charge in [-0.1, -0.05) is 39.0 Å². The van der Waals surface area contributed by atoms with Gasteiger partial charge in [0.05, 0.1) is 13.2 Å². The second-order valence-electron chi connectivity index (χ2n) is 7.10. The minimum Gasteiger partial charge on any atom is -0.497 e. The van der Waals surface area contributed by atoms with Crippen molar-refractivity contribution in [2.75, 3.05) is 13.7 Å². The van der Waals surface area contributed by atoms with Crippen LogP contribution in [0.25, 0.3) is 11.1 Å². The summed E-state index contributed by atoms with van der Waals surface area (Å²) in [5.41, 5.74) is 3.09. The molecular weight excluding hydrogens is 339 g/mol. The summed E-state index contributed by atoms with van der Waals surface area (Å²) in [6.07, 6.45) is -0.179. The van der Waals surface area contributed by atoms with Crippen molar-refractivity contribution in [3.05, 3.63) is 53.3 Å². The van der Waals surface area contributed by atoms with E-state index in [1.165, 1.54) is 6.07 Å². The van der Waals surface area contributed by atoms with Crippen LogP contribution in [0.15, 0.2) is 36.4 Å². The van der Waals surface area contributed by atoms with Crippen LogP contribution < -0.4 is 4.74 Å². The van der Waals surface area contributed by atoms with Crippen LogP contribution in [0, 0.1) is 11.2 Å². The summed E-state index contributed by atoms with van der Waals surface area (Å²) in [4.78, 5) is 0. The number of halogens is 2. The third-order valence-corrected chi connectivity index (χ3v) is 4.44. The molecule has 0 bridgehead atoms. The Bertz CT molecular complexity index is 722. The van der Waals surface area contributed by atoms with Crippen LogP contribution in [-0.2, 0) is 10.6 Å². The van der Waals surface area contributed by atoms with Crippen LogP contribution in [0.1, 0.15) is 44.9 Å². The normalized spacial score (nSPS) is 12.9. The number of benzene rings is 2. The first kappa shape index (κ1) is 19.7. The van der Waals surface area contributed by atoms with Crippen molar-refractivity contribution in [2.24, 2.45) is 5.41 Å². The molecule has 25 heavy (non-hydrogen) atoms. The number of alkyl halides is 1. The first-order valence-electron chi connectivity index (χ1n) is 8.46. The molecule has 0 saturated carbocycles. The van der Waals surface area contributed by atoms with E-state index in [-0.39, 0.29) is 17.3 Å². The van der Waals surface area contributed by atoms with Gasteiger partial charge in [0.1, 0.15) is 11.6 Å². The second kappa shape index (κ2) is 8.20. The first-order valence-corrected chi connectivity index (χ1v) is 8.99. The number of hydrogen-bond donors (Lipinski definition) is 0. The van der Waals surface area contributed by atoms with Crippen LogP contribution in [-0.4, -0.2) is 13.7 Å². The van der Waals surface area contributed by atoms with Gasteiger partial charge in [-0.05, 0) is 47.2 Å². The maximum Gasteiger partial charge on any atom is 0.131 e. The van der Waals surface area contributed by atoms with E-state index in [2.05, 4.69) is 20.8 Å². The van der Waals surface area contributed by atoms with Gasteiger partial charge in [0.2, 0.25) is 0 Å². The molecule has 0 heterocycles. The van der Waals surface area contributed by atoms with E-state index in [1.807, 2.05) is 25.1 Å². The lowest BCUT2D eigenvalue weighted by molar-refractivity contribution is -0.0129. The Kier molecular flexibility index (Phi) is 6.47. The second-order valence-corrected chi connectivity index (χ2v) is 7.37. The highest BCUT2D eigenvalue weighted by atomic mass is 35.5. The van der Waals surface area contributed by atoms with Crippen molar-refractivity contribution >= 4 is 11.6 Å². The lowest BCUT2D eigenvalue weighted by atomic mass is 9.81. The molecule has 0 N–H and O–H groups in total. The zero-order chi connectivity index (χ0) is 18.6. The Morgan fingerprint density at radius 2 is 1.80 bits per heavy atom. The molecule has 0 spiro atoms. The third-order valence-electron chi connectivity index (χ3n) is 4.14. The van der Waals surface area contributed by atoms with Crippen molar-refractivity contribution in [2.45, 2.75) is 39.7 Å². The summed E-state index contributed by atoms with van der Waals surface area (Å²) >= 11 is 6.04. The third kappa shape index (κ3) is 4.53. The molecule has 4 heteroatoms. The van der Waals surface area contributed by atoms with Gasteiger partial charge >= 0.3 is 0 Å². The highest BCUT2D eigenvalue weighted by Crippen LogP contribution is 2.42. The summed E-state index contributed by atoms with van der Waals surface area (Å²) in [6.45, 7) is 8.90. The van der Waals surface area contributed by atoms with Gasteiger partial charge in [0, 0.05) is 18.1 Å². The lowest BCUT2D eigenvalue weighted by Crippen LogP contribution is -2.22. The fourth-order valence-corrected chi connectivity index (χ4v) is 3.13. The van der Waals surface area contributed by atoms with Crippen molar-refractivity contribution in [3.8, 4) is 16.9 Å². The van der Waals surface area contributed by atoms with E-state index in [4.69, 9.17) is 21.1 Å². The SMILES string of the molecule is CCOC(c1cc(CCl)ccc1-c1cc(OC)ccc1F)C(C)(C)C. The lowest BCUT2D eigenvalue weighted by Gasteiger charge is -2.32. The highest BCUT2D eigenvalue weighted by molar-refractivity contribution is 6.17. The average Bonchev–Trinajstić information content (AvgIpc) is 2.58. The summed E-state index contributed by atoms with van der Waals surface area (Å²) in [6, 6.07) is 10.6. The fourth-order valence-electron chi connectivity index (χ4n) is 2.97. The van der Waals surface area contributed by atoms with Crippen LogP contribution in [0.2, 0.25) is 0 Å². The molecule has 1 atom stereocenters. The molecule has 0 aromatic heterocycles. The van der Waals surface area contributed by atoms with Crippen LogP contribution in [0.3, 0.4) is 0 Å². The Labute approximate surface area is 154 Å². The van der Waals surface area contributed by atoms with E-state index >= 15 is 0 Å². The van der Waals surface area contributed by atoms with E-state index in [0.717, 1.165) is 16.7 Å². The maximum absolute atomic E-state index is 14.6. The van der Waals surface area contributed by atoms with Gasteiger partial charge in [-0.15, -0.1) is 11.6 Å². The predicted molar refractivity (Wildman–Crippen MR) is 102 cm³/mol. The van der Waals surface area contributed by atoms with Crippen LogP contribution in [0.4, 0.5) is 4.39 Å². The molecule has 0 radical (unpaired) electrons. The van der Waals surface area contributed by atoms with Crippen LogP contribution in [0.5, 0.6) is 5.75 Å². The molecule has 2 nitrogen and oxygen atoms in total. The first-order chi connectivity index (χ1) is 11.8. The van der Waals surface area contributed by atoms with Crippen molar-refractivity contribution in [3.63, 3.8) is 0 Å². The van der Waals surface area contributed by atoms with Gasteiger partial charge < -0.3 is 9.47 Å². The quantitative estimate of drug-likeness (QED) is 0.555. The van der Waals surface area contributed by atoms with Gasteiger partial charge in [0.25, 0.3) is 0 Å². The smallest absolute Gasteiger partial charge is 0.131 e. The molecule has 0 amide bonds. The molecule has 0 fully saturated rings.